The van der Waals surface area contributed by atoms with Crippen LogP contribution in [-0.4, -0.2) is 60.1 Å². The average molecular weight is 298 g/mol. The largest absolute Gasteiger partial charge is 0.479 e. The van der Waals surface area contributed by atoms with E-state index in [1.165, 1.54) is 16.2 Å². The molecule has 1 unspecified atom stereocenters. The number of rotatable bonds is 4. The fraction of sp³-hybridized carbons (Fsp3) is 0.417. The highest BCUT2D eigenvalue weighted by Crippen LogP contribution is 2.08. The molecule has 2 rings (SSSR count). The predicted octanol–water partition coefficient (Wildman–Crippen LogP) is -0.210. The van der Waals surface area contributed by atoms with Gasteiger partial charge in [-0.1, -0.05) is 6.07 Å². The number of amides is 2. The van der Waals surface area contributed by atoms with E-state index in [-0.39, 0.29) is 31.5 Å². The lowest BCUT2D eigenvalue weighted by molar-refractivity contribution is -0.159. The van der Waals surface area contributed by atoms with Gasteiger partial charge in [0.1, 0.15) is 0 Å². The first-order valence-electron chi connectivity index (χ1n) is 6.02. The summed E-state index contributed by atoms with van der Waals surface area (Å²) in [7, 11) is 0. The molecule has 0 spiro atoms. The van der Waals surface area contributed by atoms with Crippen molar-refractivity contribution < 1.29 is 24.2 Å². The van der Waals surface area contributed by atoms with Crippen molar-refractivity contribution in [3.05, 3.63) is 22.4 Å². The van der Waals surface area contributed by atoms with E-state index in [0.717, 1.165) is 0 Å². The van der Waals surface area contributed by atoms with Crippen LogP contribution >= 0.6 is 11.3 Å². The molecule has 1 saturated heterocycles. The van der Waals surface area contributed by atoms with Gasteiger partial charge in [-0.05, 0) is 11.4 Å². The molecule has 1 aromatic rings. The standard InChI is InChI=1S/C12H14N2O5S/c15-10(6-13-11(16)9-2-1-5-20-9)14-3-4-19-8(7-14)12(17)18/h1-2,5,8H,3-4,6-7H2,(H,13,16)(H,17,18). The lowest BCUT2D eigenvalue weighted by Crippen LogP contribution is -2.51. The van der Waals surface area contributed by atoms with Gasteiger partial charge in [-0.25, -0.2) is 4.79 Å². The van der Waals surface area contributed by atoms with E-state index in [0.29, 0.717) is 11.4 Å². The second-order valence-corrected chi connectivity index (χ2v) is 5.15. The van der Waals surface area contributed by atoms with Crippen molar-refractivity contribution in [2.45, 2.75) is 6.10 Å². The maximum atomic E-state index is 11.9. The van der Waals surface area contributed by atoms with Crippen LogP contribution < -0.4 is 5.32 Å². The number of nitrogens with one attached hydrogen (secondary N) is 1. The molecule has 0 radical (unpaired) electrons. The Kier molecular flexibility index (Phi) is 4.70. The number of carboxylic acid groups (broad SMARTS) is 1. The number of nitrogens with zero attached hydrogens (tertiary/aromatic N) is 1. The van der Waals surface area contributed by atoms with Crippen LogP contribution in [0.4, 0.5) is 0 Å². The normalized spacial score (nSPS) is 18.6. The highest BCUT2D eigenvalue weighted by atomic mass is 32.1. The predicted molar refractivity (Wildman–Crippen MR) is 70.6 cm³/mol. The number of hydrogen-bond donors (Lipinski definition) is 2. The van der Waals surface area contributed by atoms with E-state index < -0.39 is 12.1 Å². The Morgan fingerprint density at radius 1 is 1.50 bits per heavy atom. The molecule has 2 amide bonds. The minimum atomic E-state index is -1.09. The molecule has 1 aromatic heterocycles. The Morgan fingerprint density at radius 2 is 2.30 bits per heavy atom. The molecule has 2 N–H and O–H groups in total. The summed E-state index contributed by atoms with van der Waals surface area (Å²) in [5.41, 5.74) is 0. The SMILES string of the molecule is O=C(NCC(=O)N1CCOC(C(=O)O)C1)c1cccs1. The minimum Gasteiger partial charge on any atom is -0.479 e. The third kappa shape index (κ3) is 3.55. The molecule has 7 nitrogen and oxygen atoms in total. The molecule has 1 aliphatic heterocycles. The molecule has 0 saturated carbocycles. The minimum absolute atomic E-state index is 0.00302. The molecule has 108 valence electrons. The Morgan fingerprint density at radius 3 is 2.95 bits per heavy atom. The van der Waals surface area contributed by atoms with Gasteiger partial charge in [0.25, 0.3) is 5.91 Å². The summed E-state index contributed by atoms with van der Waals surface area (Å²) >= 11 is 1.29. The first kappa shape index (κ1) is 14.5. The van der Waals surface area contributed by atoms with Crippen molar-refractivity contribution in [1.82, 2.24) is 10.2 Å². The van der Waals surface area contributed by atoms with E-state index in [4.69, 9.17) is 9.84 Å². The van der Waals surface area contributed by atoms with Gasteiger partial charge in [-0.3, -0.25) is 9.59 Å². The van der Waals surface area contributed by atoms with Crippen LogP contribution in [-0.2, 0) is 14.3 Å². The van der Waals surface area contributed by atoms with Gasteiger partial charge >= 0.3 is 5.97 Å². The monoisotopic (exact) mass is 298 g/mol. The smallest absolute Gasteiger partial charge is 0.334 e. The highest BCUT2D eigenvalue weighted by Gasteiger charge is 2.28. The van der Waals surface area contributed by atoms with Gasteiger partial charge in [0.2, 0.25) is 5.91 Å². The lowest BCUT2D eigenvalue weighted by Gasteiger charge is -2.30. The van der Waals surface area contributed by atoms with E-state index in [1.54, 1.807) is 17.5 Å². The van der Waals surface area contributed by atoms with Crippen molar-refractivity contribution in [3.8, 4) is 0 Å². The summed E-state index contributed by atoms with van der Waals surface area (Å²) in [6, 6.07) is 3.42. The number of carbonyl (C=O) groups excluding carboxylic acids is 2. The molecule has 2 heterocycles. The van der Waals surface area contributed by atoms with Gasteiger partial charge in [0.05, 0.1) is 24.6 Å². The number of morpholine rings is 1. The van der Waals surface area contributed by atoms with Crippen molar-refractivity contribution in [3.63, 3.8) is 0 Å². The summed E-state index contributed by atoms with van der Waals surface area (Å²) in [4.78, 5) is 36.3. The Bertz CT molecular complexity index is 502. The van der Waals surface area contributed by atoms with E-state index in [9.17, 15) is 14.4 Å². The number of carboxylic acids is 1. The summed E-state index contributed by atoms with van der Waals surface area (Å²) in [5, 5.41) is 13.1. The summed E-state index contributed by atoms with van der Waals surface area (Å²) < 4.78 is 5.03. The highest BCUT2D eigenvalue weighted by molar-refractivity contribution is 7.12. The van der Waals surface area contributed by atoms with Gasteiger partial charge in [0.15, 0.2) is 6.10 Å². The quantitative estimate of drug-likeness (QED) is 0.802. The van der Waals surface area contributed by atoms with Crippen molar-refractivity contribution in [1.29, 1.82) is 0 Å². The third-order valence-corrected chi connectivity index (χ3v) is 3.71. The number of hydrogen-bond acceptors (Lipinski definition) is 5. The number of thiophene rings is 1. The summed E-state index contributed by atoms with van der Waals surface area (Å²) in [6.07, 6.45) is -0.999. The van der Waals surface area contributed by atoms with Gasteiger partial charge in [-0.2, -0.15) is 0 Å². The van der Waals surface area contributed by atoms with E-state index in [2.05, 4.69) is 5.32 Å². The van der Waals surface area contributed by atoms with Crippen LogP contribution in [0.5, 0.6) is 0 Å². The molecule has 1 atom stereocenters. The van der Waals surface area contributed by atoms with Crippen LogP contribution in [0.15, 0.2) is 17.5 Å². The molecule has 0 aliphatic carbocycles. The second kappa shape index (κ2) is 6.49. The lowest BCUT2D eigenvalue weighted by atomic mass is 10.2. The third-order valence-electron chi connectivity index (χ3n) is 2.84. The van der Waals surface area contributed by atoms with Crippen molar-refractivity contribution in [2.75, 3.05) is 26.2 Å². The van der Waals surface area contributed by atoms with Crippen molar-refractivity contribution in [2.24, 2.45) is 0 Å². The van der Waals surface area contributed by atoms with Gasteiger partial charge in [0, 0.05) is 6.54 Å². The fourth-order valence-corrected chi connectivity index (χ4v) is 2.43. The molecule has 0 bridgehead atoms. The molecule has 1 fully saturated rings. The van der Waals surface area contributed by atoms with Crippen LogP contribution in [0.3, 0.4) is 0 Å². The Labute approximate surface area is 119 Å². The van der Waals surface area contributed by atoms with Crippen LogP contribution in [0, 0.1) is 0 Å². The summed E-state index contributed by atoms with van der Waals surface area (Å²) in [6.45, 7) is 0.366. The maximum absolute atomic E-state index is 11.9. The number of carbonyl (C=O) groups is 3. The average Bonchev–Trinajstić information content (AvgIpc) is 2.98. The topological polar surface area (TPSA) is 95.9 Å². The van der Waals surface area contributed by atoms with Crippen molar-refractivity contribution >= 4 is 29.1 Å². The van der Waals surface area contributed by atoms with E-state index >= 15 is 0 Å². The Hall–Kier alpha value is -1.93. The zero-order valence-electron chi connectivity index (χ0n) is 10.6. The number of ether oxygens (including phenoxy) is 1. The summed E-state index contributed by atoms with van der Waals surface area (Å²) in [5.74, 6) is -1.72. The molecular weight excluding hydrogens is 284 g/mol. The van der Waals surface area contributed by atoms with Crippen LogP contribution in [0.25, 0.3) is 0 Å². The second-order valence-electron chi connectivity index (χ2n) is 4.20. The molecule has 20 heavy (non-hydrogen) atoms. The maximum Gasteiger partial charge on any atom is 0.334 e. The zero-order valence-corrected chi connectivity index (χ0v) is 11.4. The van der Waals surface area contributed by atoms with E-state index in [1.807, 2.05) is 0 Å². The molecule has 1 aliphatic rings. The first-order chi connectivity index (χ1) is 9.58. The molecular formula is C12H14N2O5S. The van der Waals surface area contributed by atoms with Gasteiger partial charge < -0.3 is 20.1 Å². The van der Waals surface area contributed by atoms with Gasteiger partial charge in [-0.15, -0.1) is 11.3 Å². The fourth-order valence-electron chi connectivity index (χ4n) is 1.79. The first-order valence-corrected chi connectivity index (χ1v) is 6.90. The van der Waals surface area contributed by atoms with Crippen LogP contribution in [0.1, 0.15) is 9.67 Å². The zero-order chi connectivity index (χ0) is 14.5. The van der Waals surface area contributed by atoms with Crippen LogP contribution in [0.2, 0.25) is 0 Å². The molecule has 8 heteroatoms. The number of aliphatic carboxylic acids is 1. The molecule has 0 aromatic carbocycles. The Balaban J connectivity index is 1.82.